The Hall–Kier alpha value is -1.96. The molecule has 0 aromatic heterocycles. The summed E-state index contributed by atoms with van der Waals surface area (Å²) in [6.45, 7) is 2.81. The molecule has 1 aromatic carbocycles. The summed E-state index contributed by atoms with van der Waals surface area (Å²) in [6.07, 6.45) is 0. The van der Waals surface area contributed by atoms with Crippen molar-refractivity contribution in [2.75, 3.05) is 13.2 Å². The van der Waals surface area contributed by atoms with Gasteiger partial charge in [-0.2, -0.15) is 0 Å². The Bertz CT molecular complexity index is 578. The molecule has 1 aromatic rings. The molecule has 2 amide bonds. The molecule has 0 aliphatic carbocycles. The molecule has 0 aliphatic rings. The summed E-state index contributed by atoms with van der Waals surface area (Å²) in [5.41, 5.74) is -0.0228. The van der Waals surface area contributed by atoms with E-state index in [2.05, 4.69) is 26.6 Å². The van der Waals surface area contributed by atoms with Crippen LogP contribution in [0.5, 0.6) is 0 Å². The minimum atomic E-state index is -0.840. The van der Waals surface area contributed by atoms with E-state index in [4.69, 9.17) is 4.74 Å². The van der Waals surface area contributed by atoms with Crippen LogP contribution in [0, 0.1) is 5.82 Å². The van der Waals surface area contributed by atoms with E-state index in [0.717, 1.165) is 6.07 Å². The third-order valence-corrected chi connectivity index (χ3v) is 3.07. The number of carbonyl (C=O) groups is 3. The van der Waals surface area contributed by atoms with Crippen LogP contribution >= 0.6 is 15.9 Å². The molecular formula is C14H16BrFN2O4. The predicted molar refractivity (Wildman–Crippen MR) is 80.7 cm³/mol. The number of ether oxygens (including phenoxy) is 1. The summed E-state index contributed by atoms with van der Waals surface area (Å²) in [6, 6.07) is 3.51. The lowest BCUT2D eigenvalue weighted by atomic mass is 10.2. The van der Waals surface area contributed by atoms with Crippen LogP contribution in [-0.4, -0.2) is 37.0 Å². The number of benzene rings is 1. The van der Waals surface area contributed by atoms with Gasteiger partial charge >= 0.3 is 5.97 Å². The number of esters is 1. The molecule has 0 heterocycles. The maximum atomic E-state index is 13.1. The predicted octanol–water partition coefficient (Wildman–Crippen LogP) is 1.39. The molecule has 0 bridgehead atoms. The average molecular weight is 375 g/mol. The molecule has 1 rings (SSSR count). The van der Waals surface area contributed by atoms with E-state index < -0.39 is 24.3 Å². The number of carbonyl (C=O) groups excluding carboxylic acids is 3. The molecule has 0 atom stereocenters. The Morgan fingerprint density at radius 2 is 1.95 bits per heavy atom. The maximum absolute atomic E-state index is 13.1. The highest BCUT2D eigenvalue weighted by Gasteiger charge is 2.15. The highest BCUT2D eigenvalue weighted by Crippen LogP contribution is 2.18. The SMILES string of the molecule is CC(C)NC(=O)CNC(=O)COC(=O)c1cc(F)ccc1Br. The normalized spacial score (nSPS) is 10.2. The summed E-state index contributed by atoms with van der Waals surface area (Å²) in [7, 11) is 0. The van der Waals surface area contributed by atoms with Crippen molar-refractivity contribution in [1.82, 2.24) is 10.6 Å². The number of amides is 2. The number of halogens is 2. The highest BCUT2D eigenvalue weighted by atomic mass is 79.9. The standard InChI is InChI=1S/C14H16BrFN2O4/c1-8(2)18-12(19)6-17-13(20)7-22-14(21)10-5-9(16)3-4-11(10)15/h3-5,8H,6-7H2,1-2H3,(H,17,20)(H,18,19). The molecule has 0 spiro atoms. The average Bonchev–Trinajstić information content (AvgIpc) is 2.44. The Morgan fingerprint density at radius 3 is 2.59 bits per heavy atom. The molecule has 0 radical (unpaired) electrons. The van der Waals surface area contributed by atoms with Gasteiger partial charge in [0.05, 0.1) is 12.1 Å². The minimum Gasteiger partial charge on any atom is -0.452 e. The Kier molecular flexibility index (Phi) is 6.97. The molecular weight excluding hydrogens is 359 g/mol. The molecule has 0 saturated carbocycles. The van der Waals surface area contributed by atoms with Gasteiger partial charge in [0.15, 0.2) is 6.61 Å². The summed E-state index contributed by atoms with van der Waals surface area (Å²) in [4.78, 5) is 34.5. The topological polar surface area (TPSA) is 84.5 Å². The third-order valence-electron chi connectivity index (χ3n) is 2.38. The van der Waals surface area contributed by atoms with E-state index in [1.165, 1.54) is 12.1 Å². The van der Waals surface area contributed by atoms with E-state index in [-0.39, 0.29) is 24.1 Å². The zero-order chi connectivity index (χ0) is 16.7. The molecule has 0 saturated heterocycles. The Balaban J connectivity index is 2.42. The first-order valence-electron chi connectivity index (χ1n) is 6.48. The monoisotopic (exact) mass is 374 g/mol. The molecule has 6 nitrogen and oxygen atoms in total. The lowest BCUT2D eigenvalue weighted by Gasteiger charge is -2.10. The van der Waals surface area contributed by atoms with E-state index in [9.17, 15) is 18.8 Å². The first kappa shape index (κ1) is 18.1. The van der Waals surface area contributed by atoms with Gasteiger partial charge in [0.1, 0.15) is 5.82 Å². The summed E-state index contributed by atoms with van der Waals surface area (Å²) in [5.74, 6) is -2.40. The molecule has 120 valence electrons. The molecule has 2 N–H and O–H groups in total. The quantitative estimate of drug-likeness (QED) is 0.736. The summed E-state index contributed by atoms with van der Waals surface area (Å²) < 4.78 is 18.2. The van der Waals surface area contributed by atoms with Crippen LogP contribution in [0.3, 0.4) is 0 Å². The second-order valence-corrected chi connectivity index (χ2v) is 5.55. The van der Waals surface area contributed by atoms with Crippen LogP contribution in [0.15, 0.2) is 22.7 Å². The Labute approximate surface area is 135 Å². The van der Waals surface area contributed by atoms with E-state index in [1.807, 2.05) is 0 Å². The second kappa shape index (κ2) is 8.47. The van der Waals surface area contributed by atoms with E-state index in [1.54, 1.807) is 13.8 Å². The van der Waals surface area contributed by atoms with Gasteiger partial charge in [0.2, 0.25) is 5.91 Å². The first-order valence-corrected chi connectivity index (χ1v) is 7.27. The van der Waals surface area contributed by atoms with Crippen molar-refractivity contribution in [3.63, 3.8) is 0 Å². The van der Waals surface area contributed by atoms with Crippen molar-refractivity contribution < 1.29 is 23.5 Å². The van der Waals surface area contributed by atoms with Crippen LogP contribution < -0.4 is 10.6 Å². The number of nitrogens with one attached hydrogen (secondary N) is 2. The van der Waals surface area contributed by atoms with Gasteiger partial charge in [0.25, 0.3) is 5.91 Å². The molecule has 0 aliphatic heterocycles. The van der Waals surface area contributed by atoms with Crippen molar-refractivity contribution in [3.8, 4) is 0 Å². The fraction of sp³-hybridized carbons (Fsp3) is 0.357. The number of hydrogen-bond donors (Lipinski definition) is 2. The lowest BCUT2D eigenvalue weighted by Crippen LogP contribution is -2.41. The van der Waals surface area contributed by atoms with Gasteiger partial charge in [-0.1, -0.05) is 0 Å². The first-order chi connectivity index (χ1) is 10.3. The van der Waals surface area contributed by atoms with Crippen molar-refractivity contribution in [2.24, 2.45) is 0 Å². The van der Waals surface area contributed by atoms with E-state index >= 15 is 0 Å². The van der Waals surface area contributed by atoms with Crippen molar-refractivity contribution in [1.29, 1.82) is 0 Å². The van der Waals surface area contributed by atoms with Gasteiger partial charge < -0.3 is 15.4 Å². The fourth-order valence-electron chi connectivity index (χ4n) is 1.47. The fourth-order valence-corrected chi connectivity index (χ4v) is 1.87. The van der Waals surface area contributed by atoms with Crippen LogP contribution in [0.25, 0.3) is 0 Å². The second-order valence-electron chi connectivity index (χ2n) is 4.70. The van der Waals surface area contributed by atoms with Gasteiger partial charge in [0, 0.05) is 10.5 Å². The van der Waals surface area contributed by atoms with Crippen molar-refractivity contribution >= 4 is 33.7 Å². The van der Waals surface area contributed by atoms with Gasteiger partial charge in [-0.05, 0) is 48.0 Å². The summed E-state index contributed by atoms with van der Waals surface area (Å²) >= 11 is 3.09. The van der Waals surface area contributed by atoms with Crippen molar-refractivity contribution in [2.45, 2.75) is 19.9 Å². The number of rotatable bonds is 6. The van der Waals surface area contributed by atoms with Gasteiger partial charge in [-0.3, -0.25) is 9.59 Å². The molecule has 22 heavy (non-hydrogen) atoms. The third kappa shape index (κ3) is 6.21. The number of hydrogen-bond acceptors (Lipinski definition) is 4. The minimum absolute atomic E-state index is 0.0228. The smallest absolute Gasteiger partial charge is 0.339 e. The van der Waals surface area contributed by atoms with Crippen LogP contribution in [-0.2, 0) is 14.3 Å². The van der Waals surface area contributed by atoms with Gasteiger partial charge in [-0.15, -0.1) is 0 Å². The maximum Gasteiger partial charge on any atom is 0.339 e. The van der Waals surface area contributed by atoms with Crippen molar-refractivity contribution in [3.05, 3.63) is 34.1 Å². The highest BCUT2D eigenvalue weighted by molar-refractivity contribution is 9.10. The zero-order valence-corrected chi connectivity index (χ0v) is 13.7. The Morgan fingerprint density at radius 1 is 1.27 bits per heavy atom. The van der Waals surface area contributed by atoms with Crippen LogP contribution in [0.4, 0.5) is 4.39 Å². The lowest BCUT2D eigenvalue weighted by molar-refractivity contribution is -0.128. The molecule has 0 unspecified atom stereocenters. The summed E-state index contributed by atoms with van der Waals surface area (Å²) in [5, 5.41) is 4.90. The van der Waals surface area contributed by atoms with Gasteiger partial charge in [-0.25, -0.2) is 9.18 Å². The van der Waals surface area contributed by atoms with Crippen LogP contribution in [0.1, 0.15) is 24.2 Å². The van der Waals surface area contributed by atoms with Crippen LogP contribution in [0.2, 0.25) is 0 Å². The van der Waals surface area contributed by atoms with E-state index in [0.29, 0.717) is 4.47 Å². The zero-order valence-electron chi connectivity index (χ0n) is 12.1. The molecule has 0 fully saturated rings. The molecule has 8 heteroatoms. The largest absolute Gasteiger partial charge is 0.452 e.